The zero-order chi connectivity index (χ0) is 17.4. The summed E-state index contributed by atoms with van der Waals surface area (Å²) in [4.78, 5) is 34.4. The summed E-state index contributed by atoms with van der Waals surface area (Å²) in [7, 11) is 1.56. The molecule has 3 aromatic rings. The molecule has 0 fully saturated rings. The molecule has 0 saturated heterocycles. The molecular formula is C17H15N3O4. The molecular weight excluding hydrogens is 310 g/mol. The number of hydrogen-bond acceptors (Lipinski definition) is 5. The van der Waals surface area contributed by atoms with Crippen LogP contribution in [0.4, 0.5) is 0 Å². The molecule has 0 unspecified atom stereocenters. The Morgan fingerprint density at radius 3 is 2.71 bits per heavy atom. The Bertz CT molecular complexity index is 1020. The first-order valence-electron chi connectivity index (χ1n) is 7.20. The second-order valence-electron chi connectivity index (χ2n) is 5.37. The Morgan fingerprint density at radius 2 is 2.04 bits per heavy atom. The number of pyridine rings is 1. The first-order chi connectivity index (χ1) is 11.4. The standard InChI is InChI=1S/C17H15N3O4/c1-8-4-5-12(24-3)9(2)13(8)15-14-10(16(21)19-7-18-14)6-11(20-15)17(22)23/h4-7H,1-3H3,(H,22,23)(H,18,19,21). The van der Waals surface area contributed by atoms with Crippen molar-refractivity contribution in [2.45, 2.75) is 13.8 Å². The summed E-state index contributed by atoms with van der Waals surface area (Å²) in [5.41, 5.74) is 2.47. The average molecular weight is 325 g/mol. The van der Waals surface area contributed by atoms with Crippen LogP contribution >= 0.6 is 0 Å². The van der Waals surface area contributed by atoms with Gasteiger partial charge in [0.15, 0.2) is 0 Å². The summed E-state index contributed by atoms with van der Waals surface area (Å²) >= 11 is 0. The van der Waals surface area contributed by atoms with Crippen molar-refractivity contribution in [3.8, 4) is 17.0 Å². The van der Waals surface area contributed by atoms with Gasteiger partial charge in [-0.2, -0.15) is 0 Å². The van der Waals surface area contributed by atoms with Gasteiger partial charge in [0.1, 0.15) is 17.0 Å². The molecule has 3 rings (SSSR count). The van der Waals surface area contributed by atoms with E-state index in [9.17, 15) is 14.7 Å². The number of methoxy groups -OCH3 is 1. The van der Waals surface area contributed by atoms with E-state index in [1.807, 2.05) is 26.0 Å². The quantitative estimate of drug-likeness (QED) is 0.765. The number of aromatic carboxylic acids is 1. The van der Waals surface area contributed by atoms with Gasteiger partial charge in [0.25, 0.3) is 5.56 Å². The van der Waals surface area contributed by atoms with Gasteiger partial charge in [-0.1, -0.05) is 6.07 Å². The lowest BCUT2D eigenvalue weighted by atomic mass is 9.97. The minimum atomic E-state index is -1.21. The molecule has 24 heavy (non-hydrogen) atoms. The van der Waals surface area contributed by atoms with E-state index < -0.39 is 11.5 Å². The van der Waals surface area contributed by atoms with Crippen LogP contribution < -0.4 is 10.3 Å². The highest BCUT2D eigenvalue weighted by Gasteiger charge is 2.19. The molecule has 0 atom stereocenters. The predicted octanol–water partition coefficient (Wildman–Crippen LogP) is 2.31. The normalized spacial score (nSPS) is 10.8. The summed E-state index contributed by atoms with van der Waals surface area (Å²) in [5, 5.41) is 9.51. The van der Waals surface area contributed by atoms with Gasteiger partial charge in [0, 0.05) is 11.1 Å². The van der Waals surface area contributed by atoms with E-state index in [1.165, 1.54) is 12.4 Å². The van der Waals surface area contributed by atoms with E-state index >= 15 is 0 Å². The molecule has 2 aromatic heterocycles. The topological polar surface area (TPSA) is 105 Å². The van der Waals surface area contributed by atoms with Gasteiger partial charge in [-0.15, -0.1) is 0 Å². The Hall–Kier alpha value is -3.22. The molecule has 0 aliphatic heterocycles. The van der Waals surface area contributed by atoms with Gasteiger partial charge in [0.05, 0.1) is 24.5 Å². The van der Waals surface area contributed by atoms with Crippen molar-refractivity contribution in [3.63, 3.8) is 0 Å². The highest BCUT2D eigenvalue weighted by Crippen LogP contribution is 2.34. The Balaban J connectivity index is 2.49. The summed E-state index contributed by atoms with van der Waals surface area (Å²) in [6, 6.07) is 4.92. The number of carbonyl (C=O) groups is 1. The third kappa shape index (κ3) is 2.40. The van der Waals surface area contributed by atoms with Gasteiger partial charge < -0.3 is 14.8 Å². The summed E-state index contributed by atoms with van der Waals surface area (Å²) < 4.78 is 5.34. The van der Waals surface area contributed by atoms with Crippen molar-refractivity contribution in [2.24, 2.45) is 0 Å². The molecule has 0 saturated carbocycles. The monoisotopic (exact) mass is 325 g/mol. The van der Waals surface area contributed by atoms with Crippen molar-refractivity contribution < 1.29 is 14.6 Å². The molecule has 0 aliphatic carbocycles. The Kier molecular flexibility index (Phi) is 3.76. The molecule has 0 amide bonds. The zero-order valence-electron chi connectivity index (χ0n) is 13.4. The fourth-order valence-corrected chi connectivity index (χ4v) is 2.77. The van der Waals surface area contributed by atoms with Crippen LogP contribution in [0.3, 0.4) is 0 Å². The predicted molar refractivity (Wildman–Crippen MR) is 88.6 cm³/mol. The number of benzene rings is 1. The minimum Gasteiger partial charge on any atom is -0.496 e. The lowest BCUT2D eigenvalue weighted by Crippen LogP contribution is -2.11. The lowest BCUT2D eigenvalue weighted by molar-refractivity contribution is 0.0691. The van der Waals surface area contributed by atoms with Crippen molar-refractivity contribution in [3.05, 3.63) is 51.7 Å². The van der Waals surface area contributed by atoms with Crippen LogP contribution in [-0.2, 0) is 0 Å². The molecule has 2 N–H and O–H groups in total. The summed E-state index contributed by atoms with van der Waals surface area (Å²) in [6.07, 6.45) is 1.28. The maximum atomic E-state index is 12.1. The van der Waals surface area contributed by atoms with Crippen molar-refractivity contribution in [1.82, 2.24) is 15.0 Å². The molecule has 122 valence electrons. The number of ether oxygens (including phenoxy) is 1. The van der Waals surface area contributed by atoms with Crippen LogP contribution in [0.1, 0.15) is 21.6 Å². The number of nitrogens with zero attached hydrogens (tertiary/aromatic N) is 2. The highest BCUT2D eigenvalue weighted by molar-refractivity contribution is 5.98. The van der Waals surface area contributed by atoms with Gasteiger partial charge in [-0.3, -0.25) is 4.79 Å². The summed E-state index contributed by atoms with van der Waals surface area (Å²) in [5.74, 6) is -0.560. The third-order valence-electron chi connectivity index (χ3n) is 3.93. The van der Waals surface area contributed by atoms with E-state index in [-0.39, 0.29) is 11.1 Å². The minimum absolute atomic E-state index is 0.182. The van der Waals surface area contributed by atoms with E-state index in [0.717, 1.165) is 11.1 Å². The fourth-order valence-electron chi connectivity index (χ4n) is 2.77. The molecule has 2 heterocycles. The number of aromatic amines is 1. The van der Waals surface area contributed by atoms with Gasteiger partial charge in [0.2, 0.25) is 0 Å². The van der Waals surface area contributed by atoms with Crippen LogP contribution in [0.25, 0.3) is 22.2 Å². The smallest absolute Gasteiger partial charge is 0.354 e. The maximum absolute atomic E-state index is 12.1. The van der Waals surface area contributed by atoms with Gasteiger partial charge in [-0.25, -0.2) is 14.8 Å². The van der Waals surface area contributed by atoms with Crippen LogP contribution in [0.5, 0.6) is 5.75 Å². The number of rotatable bonds is 3. The largest absolute Gasteiger partial charge is 0.496 e. The van der Waals surface area contributed by atoms with Crippen LogP contribution in [-0.4, -0.2) is 33.1 Å². The molecule has 0 bridgehead atoms. The van der Waals surface area contributed by atoms with Crippen molar-refractivity contribution in [2.75, 3.05) is 7.11 Å². The first-order valence-corrected chi connectivity index (χ1v) is 7.20. The number of aryl methyl sites for hydroxylation is 1. The molecule has 7 heteroatoms. The number of carboxylic acids is 1. The van der Waals surface area contributed by atoms with Gasteiger partial charge >= 0.3 is 5.97 Å². The fraction of sp³-hybridized carbons (Fsp3) is 0.176. The average Bonchev–Trinajstić information content (AvgIpc) is 2.55. The molecule has 0 radical (unpaired) electrons. The molecule has 7 nitrogen and oxygen atoms in total. The van der Waals surface area contributed by atoms with E-state index in [2.05, 4.69) is 15.0 Å². The molecule has 0 aliphatic rings. The number of aromatic nitrogens is 3. The van der Waals surface area contributed by atoms with Crippen LogP contribution in [0.2, 0.25) is 0 Å². The number of fused-ring (bicyclic) bond motifs is 1. The number of H-pyrrole nitrogens is 1. The summed E-state index contributed by atoms with van der Waals surface area (Å²) in [6.45, 7) is 3.74. The lowest BCUT2D eigenvalue weighted by Gasteiger charge is -2.14. The Morgan fingerprint density at radius 1 is 1.29 bits per heavy atom. The van der Waals surface area contributed by atoms with E-state index in [0.29, 0.717) is 22.5 Å². The maximum Gasteiger partial charge on any atom is 0.354 e. The SMILES string of the molecule is COc1ccc(C)c(-c2nc(C(=O)O)cc3c(=O)[nH]cnc23)c1C. The highest BCUT2D eigenvalue weighted by atomic mass is 16.5. The first kappa shape index (κ1) is 15.7. The number of nitrogens with one attached hydrogen (secondary N) is 1. The van der Waals surface area contributed by atoms with E-state index in [1.54, 1.807) is 7.11 Å². The van der Waals surface area contributed by atoms with Gasteiger partial charge in [-0.05, 0) is 31.5 Å². The Labute approximate surface area is 137 Å². The second kappa shape index (κ2) is 5.77. The van der Waals surface area contributed by atoms with Crippen LogP contribution in [0.15, 0.2) is 29.3 Å². The third-order valence-corrected chi connectivity index (χ3v) is 3.93. The molecule has 1 aromatic carbocycles. The molecule has 0 spiro atoms. The van der Waals surface area contributed by atoms with Crippen LogP contribution in [0, 0.1) is 13.8 Å². The number of hydrogen-bond donors (Lipinski definition) is 2. The number of carboxylic acid groups (broad SMARTS) is 1. The van der Waals surface area contributed by atoms with Crippen molar-refractivity contribution in [1.29, 1.82) is 0 Å². The van der Waals surface area contributed by atoms with E-state index in [4.69, 9.17) is 4.74 Å². The zero-order valence-corrected chi connectivity index (χ0v) is 13.4. The van der Waals surface area contributed by atoms with Crippen molar-refractivity contribution >= 4 is 16.9 Å². The second-order valence-corrected chi connectivity index (χ2v) is 5.37.